The van der Waals surface area contributed by atoms with Crippen molar-refractivity contribution in [1.82, 2.24) is 4.90 Å². The molecule has 6 nitrogen and oxygen atoms in total. The van der Waals surface area contributed by atoms with Gasteiger partial charge in [0.25, 0.3) is 0 Å². The summed E-state index contributed by atoms with van der Waals surface area (Å²) in [6.45, 7) is 1.59. The van der Waals surface area contributed by atoms with E-state index in [2.05, 4.69) is 0 Å². The Morgan fingerprint density at radius 3 is 2.45 bits per heavy atom. The predicted octanol–water partition coefficient (Wildman–Crippen LogP) is 4.47. The van der Waals surface area contributed by atoms with Gasteiger partial charge in [-0.2, -0.15) is 21.6 Å². The fraction of sp³-hybridized carbons (Fsp3) is 0.278. The van der Waals surface area contributed by atoms with E-state index in [4.69, 9.17) is 16.3 Å². The van der Waals surface area contributed by atoms with Gasteiger partial charge in [-0.3, -0.25) is 9.62 Å². The molecule has 0 spiro atoms. The largest absolute Gasteiger partial charge is 0.516 e. The van der Waals surface area contributed by atoms with E-state index in [0.29, 0.717) is 10.6 Å². The van der Waals surface area contributed by atoms with Crippen molar-refractivity contribution < 1.29 is 31.1 Å². The van der Waals surface area contributed by atoms with Crippen LogP contribution in [-0.2, 0) is 26.9 Å². The van der Waals surface area contributed by atoms with Gasteiger partial charge in [0.2, 0.25) is 0 Å². The van der Waals surface area contributed by atoms with Crippen LogP contribution in [0.1, 0.15) is 18.1 Å². The van der Waals surface area contributed by atoms with E-state index >= 15 is 0 Å². The molecule has 1 atom stereocenters. The van der Waals surface area contributed by atoms with Crippen molar-refractivity contribution in [2.75, 3.05) is 11.3 Å². The molecule has 1 aliphatic heterocycles. The summed E-state index contributed by atoms with van der Waals surface area (Å²) in [4.78, 5) is 13.6. The number of halogens is 4. The summed E-state index contributed by atoms with van der Waals surface area (Å²) in [5.74, 6) is 0. The summed E-state index contributed by atoms with van der Waals surface area (Å²) >= 11 is 6.20. The molecule has 0 aliphatic carbocycles. The molecule has 1 unspecified atom stereocenters. The van der Waals surface area contributed by atoms with Gasteiger partial charge in [0.15, 0.2) is 5.60 Å². The normalized spacial score (nSPS) is 19.9. The molecule has 0 saturated carbocycles. The average molecular weight is 449 g/mol. The first-order valence-corrected chi connectivity index (χ1v) is 10.2. The lowest BCUT2D eigenvalue weighted by atomic mass is 9.96. The number of sulfonamides is 1. The molecule has 1 heterocycles. The fourth-order valence-corrected chi connectivity index (χ4v) is 3.97. The lowest BCUT2D eigenvalue weighted by molar-refractivity contribution is -0.0429. The van der Waals surface area contributed by atoms with Crippen LogP contribution in [0.3, 0.4) is 0 Å². The summed E-state index contributed by atoms with van der Waals surface area (Å²) < 4.78 is 68.0. The van der Waals surface area contributed by atoms with E-state index in [1.54, 1.807) is 31.2 Å². The predicted molar refractivity (Wildman–Crippen MR) is 101 cm³/mol. The molecule has 2 aromatic rings. The molecule has 11 heteroatoms. The highest BCUT2D eigenvalue weighted by molar-refractivity contribution is 7.93. The number of hydrogen-bond donors (Lipinski definition) is 1. The topological polar surface area (TPSA) is 75.7 Å². The standard InChI is InChI=1S/C18H16ClF3N2O4S/c1-17(13-7-3-4-8-14(13)19)11-24(16(25)28-17)10-12-6-2-5-9-15(12)23-29(26,27)18(20,21)22/h2-9,23H,10-11H2,1H3. The minimum atomic E-state index is -5.59. The Balaban J connectivity index is 1.85. The zero-order chi connectivity index (χ0) is 21.4. The molecule has 1 N–H and O–H groups in total. The molecule has 1 fully saturated rings. The second-order valence-corrected chi connectivity index (χ2v) is 8.72. The van der Waals surface area contributed by atoms with Crippen molar-refractivity contribution in [3.63, 3.8) is 0 Å². The number of alkyl halides is 3. The van der Waals surface area contributed by atoms with E-state index in [1.807, 2.05) is 0 Å². The Kier molecular flexibility index (Phi) is 5.44. The van der Waals surface area contributed by atoms with Crippen LogP contribution in [0.15, 0.2) is 48.5 Å². The molecular weight excluding hydrogens is 433 g/mol. The summed E-state index contributed by atoms with van der Waals surface area (Å²) in [5.41, 5.74) is -6.03. The van der Waals surface area contributed by atoms with Gasteiger partial charge in [-0.1, -0.05) is 48.0 Å². The molecule has 2 aromatic carbocycles. The highest BCUT2D eigenvalue weighted by Gasteiger charge is 2.47. The third kappa shape index (κ3) is 4.27. The van der Waals surface area contributed by atoms with Crippen LogP contribution in [0.4, 0.5) is 23.7 Å². The number of nitrogens with one attached hydrogen (secondary N) is 1. The number of hydrogen-bond acceptors (Lipinski definition) is 4. The SMILES string of the molecule is CC1(c2ccccc2Cl)CN(Cc2ccccc2NS(=O)(=O)C(F)(F)F)C(=O)O1. The first-order valence-electron chi connectivity index (χ1n) is 8.33. The molecular formula is C18H16ClF3N2O4S. The molecule has 0 aromatic heterocycles. The molecule has 0 radical (unpaired) electrons. The zero-order valence-corrected chi connectivity index (χ0v) is 16.6. The summed E-state index contributed by atoms with van der Waals surface area (Å²) in [6, 6.07) is 12.4. The Morgan fingerprint density at radius 2 is 1.79 bits per heavy atom. The van der Waals surface area contributed by atoms with Gasteiger partial charge >= 0.3 is 21.6 Å². The molecule has 1 saturated heterocycles. The molecule has 1 amide bonds. The molecule has 29 heavy (non-hydrogen) atoms. The van der Waals surface area contributed by atoms with E-state index in [1.165, 1.54) is 33.9 Å². The van der Waals surface area contributed by atoms with Crippen LogP contribution < -0.4 is 4.72 Å². The van der Waals surface area contributed by atoms with Crippen LogP contribution in [0.5, 0.6) is 0 Å². The number of para-hydroxylation sites is 1. The Hall–Kier alpha value is -2.46. The monoisotopic (exact) mass is 448 g/mol. The lowest BCUT2D eigenvalue weighted by Gasteiger charge is -2.23. The van der Waals surface area contributed by atoms with Gasteiger partial charge in [-0.05, 0) is 24.6 Å². The van der Waals surface area contributed by atoms with Gasteiger partial charge in [0.1, 0.15) is 0 Å². The second-order valence-electron chi connectivity index (χ2n) is 6.64. The van der Waals surface area contributed by atoms with Gasteiger partial charge in [0.05, 0.1) is 18.8 Å². The number of rotatable bonds is 5. The van der Waals surface area contributed by atoms with E-state index in [0.717, 1.165) is 0 Å². The van der Waals surface area contributed by atoms with E-state index in [9.17, 15) is 26.4 Å². The van der Waals surface area contributed by atoms with Crippen molar-refractivity contribution in [3.8, 4) is 0 Å². The van der Waals surface area contributed by atoms with Crippen LogP contribution >= 0.6 is 11.6 Å². The van der Waals surface area contributed by atoms with Crippen LogP contribution in [-0.4, -0.2) is 31.5 Å². The minimum Gasteiger partial charge on any atom is -0.436 e. The Bertz CT molecular complexity index is 1050. The van der Waals surface area contributed by atoms with Crippen LogP contribution in [0.25, 0.3) is 0 Å². The summed E-state index contributed by atoms with van der Waals surface area (Å²) in [5, 5.41) is 0.406. The lowest BCUT2D eigenvalue weighted by Crippen LogP contribution is -2.31. The highest BCUT2D eigenvalue weighted by Crippen LogP contribution is 2.38. The maximum atomic E-state index is 12.7. The number of amides is 1. The number of carbonyl (C=O) groups is 1. The third-order valence-electron chi connectivity index (χ3n) is 4.43. The quantitative estimate of drug-likeness (QED) is 0.732. The van der Waals surface area contributed by atoms with Gasteiger partial charge in [-0.25, -0.2) is 4.79 Å². The molecule has 0 bridgehead atoms. The second kappa shape index (κ2) is 7.42. The minimum absolute atomic E-state index is 0.0793. The molecule has 1 aliphatic rings. The number of cyclic esters (lactones) is 1. The van der Waals surface area contributed by atoms with Crippen molar-refractivity contribution in [1.29, 1.82) is 0 Å². The first-order chi connectivity index (χ1) is 13.4. The maximum Gasteiger partial charge on any atom is 0.516 e. The zero-order valence-electron chi connectivity index (χ0n) is 15.0. The highest BCUT2D eigenvalue weighted by atomic mass is 35.5. The van der Waals surface area contributed by atoms with Crippen molar-refractivity contribution in [2.24, 2.45) is 0 Å². The third-order valence-corrected chi connectivity index (χ3v) is 5.86. The van der Waals surface area contributed by atoms with Crippen molar-refractivity contribution in [2.45, 2.75) is 24.6 Å². The fourth-order valence-electron chi connectivity index (χ4n) is 3.03. The summed E-state index contributed by atoms with van der Waals surface area (Å²) in [6.07, 6.45) is -0.694. The first kappa shape index (κ1) is 21.3. The number of carbonyl (C=O) groups excluding carboxylic acids is 1. The Labute approximate surface area is 170 Å². The smallest absolute Gasteiger partial charge is 0.436 e. The number of nitrogens with zero attached hydrogens (tertiary/aromatic N) is 1. The number of ether oxygens (including phenoxy) is 1. The molecule has 156 valence electrons. The van der Waals surface area contributed by atoms with Gasteiger partial charge < -0.3 is 4.74 Å². The van der Waals surface area contributed by atoms with Gasteiger partial charge in [-0.15, -0.1) is 0 Å². The van der Waals surface area contributed by atoms with Crippen molar-refractivity contribution in [3.05, 3.63) is 64.7 Å². The Morgan fingerprint density at radius 1 is 1.17 bits per heavy atom. The van der Waals surface area contributed by atoms with Crippen LogP contribution in [0.2, 0.25) is 5.02 Å². The van der Waals surface area contributed by atoms with Gasteiger partial charge in [0, 0.05) is 10.6 Å². The number of benzene rings is 2. The molecule has 3 rings (SSSR count). The van der Waals surface area contributed by atoms with Crippen LogP contribution in [0, 0.1) is 0 Å². The maximum absolute atomic E-state index is 12.7. The van der Waals surface area contributed by atoms with E-state index < -0.39 is 27.2 Å². The summed E-state index contributed by atoms with van der Waals surface area (Å²) in [7, 11) is -5.59. The van der Waals surface area contributed by atoms with E-state index in [-0.39, 0.29) is 24.3 Å². The average Bonchev–Trinajstić information content (AvgIpc) is 2.90. The van der Waals surface area contributed by atoms with Crippen molar-refractivity contribution >= 4 is 33.4 Å². The number of anilines is 1.